The standard InChI is InChI=1S/C18H28N2O3/c1-3-5-6-10-14-20(15-13-17(21)23-4-2)18(22)19-16-11-8-7-9-12-16/h7-9,11-12H,3-6,10,13-15H2,1-2H3,(H,19,22). The van der Waals surface area contributed by atoms with Crippen LogP contribution in [0.25, 0.3) is 0 Å². The minimum absolute atomic E-state index is 0.169. The van der Waals surface area contributed by atoms with Crippen molar-refractivity contribution in [2.24, 2.45) is 0 Å². The van der Waals surface area contributed by atoms with Crippen LogP contribution in [-0.4, -0.2) is 36.6 Å². The van der Waals surface area contributed by atoms with Crippen molar-refractivity contribution in [3.63, 3.8) is 0 Å². The van der Waals surface area contributed by atoms with Crippen LogP contribution in [0.3, 0.4) is 0 Å². The van der Waals surface area contributed by atoms with Gasteiger partial charge in [0, 0.05) is 18.8 Å². The number of ether oxygens (including phenoxy) is 1. The number of benzene rings is 1. The number of hydrogen-bond donors (Lipinski definition) is 1. The molecule has 0 saturated carbocycles. The maximum absolute atomic E-state index is 12.4. The molecule has 2 amide bonds. The third-order valence-electron chi connectivity index (χ3n) is 3.49. The van der Waals surface area contributed by atoms with Crippen LogP contribution in [0, 0.1) is 0 Å². The van der Waals surface area contributed by atoms with E-state index in [0.29, 0.717) is 19.7 Å². The van der Waals surface area contributed by atoms with E-state index in [1.165, 1.54) is 0 Å². The lowest BCUT2D eigenvalue weighted by molar-refractivity contribution is -0.143. The summed E-state index contributed by atoms with van der Waals surface area (Å²) in [4.78, 5) is 25.6. The number of hydrogen-bond acceptors (Lipinski definition) is 3. The van der Waals surface area contributed by atoms with E-state index >= 15 is 0 Å². The van der Waals surface area contributed by atoms with E-state index in [4.69, 9.17) is 4.74 Å². The Kier molecular flexibility index (Phi) is 9.52. The van der Waals surface area contributed by atoms with Gasteiger partial charge in [-0.1, -0.05) is 44.4 Å². The van der Waals surface area contributed by atoms with E-state index in [9.17, 15) is 9.59 Å². The fourth-order valence-electron chi connectivity index (χ4n) is 2.23. The lowest BCUT2D eigenvalue weighted by Gasteiger charge is -2.23. The molecule has 0 aliphatic rings. The fourth-order valence-corrected chi connectivity index (χ4v) is 2.23. The van der Waals surface area contributed by atoms with Crippen LogP contribution in [0.5, 0.6) is 0 Å². The van der Waals surface area contributed by atoms with Gasteiger partial charge in [0.1, 0.15) is 0 Å². The number of urea groups is 1. The van der Waals surface area contributed by atoms with Crippen LogP contribution < -0.4 is 5.32 Å². The largest absolute Gasteiger partial charge is 0.466 e. The number of carbonyl (C=O) groups excluding carboxylic acids is 2. The molecule has 0 spiro atoms. The number of amides is 2. The Morgan fingerprint density at radius 1 is 1.04 bits per heavy atom. The molecule has 5 nitrogen and oxygen atoms in total. The lowest BCUT2D eigenvalue weighted by atomic mass is 10.2. The molecule has 0 saturated heterocycles. The van der Waals surface area contributed by atoms with E-state index in [-0.39, 0.29) is 18.4 Å². The molecule has 0 bridgehead atoms. The minimum atomic E-state index is -0.265. The summed E-state index contributed by atoms with van der Waals surface area (Å²) in [5.41, 5.74) is 0.757. The second-order valence-corrected chi connectivity index (χ2v) is 5.40. The topological polar surface area (TPSA) is 58.6 Å². The number of carbonyl (C=O) groups is 2. The summed E-state index contributed by atoms with van der Waals surface area (Å²) < 4.78 is 4.94. The number of anilines is 1. The van der Waals surface area contributed by atoms with Crippen molar-refractivity contribution < 1.29 is 14.3 Å². The summed E-state index contributed by atoms with van der Waals surface area (Å²) >= 11 is 0. The number of unbranched alkanes of at least 4 members (excludes halogenated alkanes) is 3. The molecule has 0 aromatic heterocycles. The molecule has 0 radical (unpaired) electrons. The molecule has 0 aliphatic carbocycles. The highest BCUT2D eigenvalue weighted by Crippen LogP contribution is 2.09. The van der Waals surface area contributed by atoms with Gasteiger partial charge in [0.15, 0.2) is 0 Å². The predicted molar refractivity (Wildman–Crippen MR) is 92.4 cm³/mol. The number of esters is 1. The zero-order valence-electron chi connectivity index (χ0n) is 14.2. The summed E-state index contributed by atoms with van der Waals surface area (Å²) in [7, 11) is 0. The summed E-state index contributed by atoms with van der Waals surface area (Å²) in [5.74, 6) is -0.265. The molecule has 0 fully saturated rings. The number of nitrogens with one attached hydrogen (secondary N) is 1. The summed E-state index contributed by atoms with van der Waals surface area (Å²) in [6.45, 7) is 5.33. The molecule has 0 heterocycles. The van der Waals surface area contributed by atoms with Gasteiger partial charge in [-0.05, 0) is 25.5 Å². The van der Waals surface area contributed by atoms with Gasteiger partial charge in [0.05, 0.1) is 13.0 Å². The zero-order chi connectivity index (χ0) is 16.9. The minimum Gasteiger partial charge on any atom is -0.466 e. The zero-order valence-corrected chi connectivity index (χ0v) is 14.2. The van der Waals surface area contributed by atoms with E-state index in [0.717, 1.165) is 31.4 Å². The highest BCUT2D eigenvalue weighted by atomic mass is 16.5. The van der Waals surface area contributed by atoms with Crippen LogP contribution in [0.15, 0.2) is 30.3 Å². The normalized spacial score (nSPS) is 10.2. The van der Waals surface area contributed by atoms with Crippen molar-refractivity contribution in [3.05, 3.63) is 30.3 Å². The van der Waals surface area contributed by atoms with Crippen LogP contribution in [0.2, 0.25) is 0 Å². The molecular weight excluding hydrogens is 292 g/mol. The first-order valence-corrected chi connectivity index (χ1v) is 8.44. The lowest BCUT2D eigenvalue weighted by Crippen LogP contribution is -2.37. The third kappa shape index (κ3) is 8.24. The van der Waals surface area contributed by atoms with Crippen molar-refractivity contribution in [1.82, 2.24) is 4.90 Å². The Bertz CT molecular complexity index is 463. The van der Waals surface area contributed by atoms with Gasteiger partial charge >= 0.3 is 12.0 Å². The van der Waals surface area contributed by atoms with Crippen LogP contribution in [0.1, 0.15) is 46.0 Å². The second kappa shape index (κ2) is 11.5. The summed E-state index contributed by atoms with van der Waals surface area (Å²) in [6, 6.07) is 9.17. The van der Waals surface area contributed by atoms with Gasteiger partial charge in [0.2, 0.25) is 0 Å². The molecule has 5 heteroatoms. The molecule has 1 rings (SSSR count). The molecule has 23 heavy (non-hydrogen) atoms. The smallest absolute Gasteiger partial charge is 0.321 e. The highest BCUT2D eigenvalue weighted by Gasteiger charge is 2.15. The molecule has 0 aliphatic heterocycles. The van der Waals surface area contributed by atoms with Crippen molar-refractivity contribution >= 4 is 17.7 Å². The Hall–Kier alpha value is -2.04. The average Bonchev–Trinajstić information content (AvgIpc) is 2.55. The number of nitrogens with zero attached hydrogens (tertiary/aromatic N) is 1. The van der Waals surface area contributed by atoms with E-state index in [2.05, 4.69) is 12.2 Å². The van der Waals surface area contributed by atoms with Crippen LogP contribution in [-0.2, 0) is 9.53 Å². The Labute approximate surface area is 139 Å². The maximum Gasteiger partial charge on any atom is 0.321 e. The highest BCUT2D eigenvalue weighted by molar-refractivity contribution is 5.89. The fraction of sp³-hybridized carbons (Fsp3) is 0.556. The molecule has 128 valence electrons. The van der Waals surface area contributed by atoms with Gasteiger partial charge in [-0.15, -0.1) is 0 Å². The Morgan fingerprint density at radius 2 is 1.78 bits per heavy atom. The van der Waals surface area contributed by atoms with Gasteiger partial charge in [-0.3, -0.25) is 4.79 Å². The van der Waals surface area contributed by atoms with Gasteiger partial charge < -0.3 is 15.0 Å². The maximum atomic E-state index is 12.4. The quantitative estimate of drug-likeness (QED) is 0.522. The molecule has 0 atom stereocenters. The van der Waals surface area contributed by atoms with Gasteiger partial charge in [-0.2, -0.15) is 0 Å². The average molecular weight is 320 g/mol. The van der Waals surface area contributed by atoms with E-state index in [1.807, 2.05) is 30.3 Å². The molecule has 1 N–H and O–H groups in total. The van der Waals surface area contributed by atoms with Crippen LogP contribution in [0.4, 0.5) is 10.5 Å². The monoisotopic (exact) mass is 320 g/mol. The number of rotatable bonds is 10. The van der Waals surface area contributed by atoms with E-state index in [1.54, 1.807) is 11.8 Å². The summed E-state index contributed by atoms with van der Waals surface area (Å²) in [6.07, 6.45) is 4.57. The van der Waals surface area contributed by atoms with Gasteiger partial charge in [0.25, 0.3) is 0 Å². The molecule has 1 aromatic rings. The van der Waals surface area contributed by atoms with Gasteiger partial charge in [-0.25, -0.2) is 4.79 Å². The first kappa shape index (κ1) is 19.0. The van der Waals surface area contributed by atoms with Crippen molar-refractivity contribution in [3.8, 4) is 0 Å². The molecular formula is C18H28N2O3. The van der Waals surface area contributed by atoms with Crippen molar-refractivity contribution in [2.45, 2.75) is 46.0 Å². The number of para-hydroxylation sites is 1. The second-order valence-electron chi connectivity index (χ2n) is 5.40. The Balaban J connectivity index is 2.53. The van der Waals surface area contributed by atoms with Crippen molar-refractivity contribution in [2.75, 3.05) is 25.0 Å². The Morgan fingerprint density at radius 3 is 2.43 bits per heavy atom. The SMILES string of the molecule is CCCCCCN(CCC(=O)OCC)C(=O)Nc1ccccc1. The molecule has 0 unspecified atom stereocenters. The molecule has 1 aromatic carbocycles. The predicted octanol–water partition coefficient (Wildman–Crippen LogP) is 4.05. The van der Waals surface area contributed by atoms with E-state index < -0.39 is 0 Å². The first-order valence-electron chi connectivity index (χ1n) is 8.44. The van der Waals surface area contributed by atoms with Crippen molar-refractivity contribution in [1.29, 1.82) is 0 Å². The summed E-state index contributed by atoms with van der Waals surface area (Å²) in [5, 5.41) is 2.87. The third-order valence-corrected chi connectivity index (χ3v) is 3.49. The first-order chi connectivity index (χ1) is 11.2. The van der Waals surface area contributed by atoms with Crippen LogP contribution >= 0.6 is 0 Å².